The molecule has 0 amide bonds. The van der Waals surface area contributed by atoms with Crippen LogP contribution < -0.4 is 5.14 Å². The van der Waals surface area contributed by atoms with E-state index in [1.807, 2.05) is 0 Å². The van der Waals surface area contributed by atoms with E-state index in [4.69, 9.17) is 5.14 Å². The number of rotatable bonds is 2. The Labute approximate surface area is 100 Å². The molecule has 0 saturated heterocycles. The largest absolute Gasteiger partial charge is 0.281 e. The van der Waals surface area contributed by atoms with Crippen molar-refractivity contribution in [3.05, 3.63) is 40.3 Å². The molecule has 18 heavy (non-hydrogen) atoms. The minimum absolute atomic E-state index is 0.0899. The molecule has 2 rings (SSSR count). The fraction of sp³-hybridized carbons (Fsp3) is 0. The lowest BCUT2D eigenvalue weighted by atomic mass is 10.2. The number of nitrogens with two attached hydrogens (primary N) is 1. The maximum Gasteiger partial charge on any atom is 0.281 e. The van der Waals surface area contributed by atoms with Crippen LogP contribution in [0.25, 0.3) is 10.9 Å². The van der Waals surface area contributed by atoms with Crippen LogP contribution in [0.5, 0.6) is 0 Å². The Kier molecular flexibility index (Phi) is 2.71. The van der Waals surface area contributed by atoms with Gasteiger partial charge in [-0.3, -0.25) is 15.1 Å². The predicted octanol–water partition coefficient (Wildman–Crippen LogP) is 0.930. The van der Waals surface area contributed by atoms with Crippen LogP contribution in [0.4, 0.5) is 10.1 Å². The fourth-order valence-corrected chi connectivity index (χ4v) is 2.35. The topological polar surface area (TPSA) is 116 Å². The number of pyridine rings is 1. The summed E-state index contributed by atoms with van der Waals surface area (Å²) in [6.07, 6.45) is 1.19. The van der Waals surface area contributed by atoms with Crippen molar-refractivity contribution in [2.45, 2.75) is 4.90 Å². The first-order chi connectivity index (χ1) is 8.32. The van der Waals surface area contributed by atoms with Gasteiger partial charge in [-0.1, -0.05) is 0 Å². The Morgan fingerprint density at radius 1 is 1.44 bits per heavy atom. The Hall–Kier alpha value is -2.13. The molecule has 2 aromatic rings. The molecule has 0 atom stereocenters. The summed E-state index contributed by atoms with van der Waals surface area (Å²) in [6.45, 7) is 0. The quantitative estimate of drug-likeness (QED) is 0.644. The van der Waals surface area contributed by atoms with Gasteiger partial charge in [0.15, 0.2) is 5.82 Å². The second-order valence-electron chi connectivity index (χ2n) is 3.41. The van der Waals surface area contributed by atoms with E-state index in [0.29, 0.717) is 6.07 Å². The molecule has 0 spiro atoms. The van der Waals surface area contributed by atoms with Gasteiger partial charge < -0.3 is 0 Å². The van der Waals surface area contributed by atoms with Crippen molar-refractivity contribution in [2.75, 3.05) is 0 Å². The number of hydrogen-bond donors (Lipinski definition) is 1. The zero-order chi connectivity index (χ0) is 13.5. The molecule has 94 valence electrons. The van der Waals surface area contributed by atoms with Crippen LogP contribution >= 0.6 is 0 Å². The molecule has 2 N–H and O–H groups in total. The van der Waals surface area contributed by atoms with Gasteiger partial charge in [-0.2, -0.15) is 0 Å². The van der Waals surface area contributed by atoms with Gasteiger partial charge in [0.1, 0.15) is 10.4 Å². The van der Waals surface area contributed by atoms with Crippen molar-refractivity contribution in [1.82, 2.24) is 4.98 Å². The summed E-state index contributed by atoms with van der Waals surface area (Å²) in [6, 6.07) is 3.17. The maximum atomic E-state index is 13.6. The number of non-ortho nitro benzene ring substituents is 1. The number of fused-ring (bicyclic) bond motifs is 1. The van der Waals surface area contributed by atoms with Crippen molar-refractivity contribution in [2.24, 2.45) is 5.14 Å². The molecule has 0 saturated carbocycles. The number of benzene rings is 1. The molecule has 0 aliphatic carbocycles. The summed E-state index contributed by atoms with van der Waals surface area (Å²) in [5, 5.41) is 15.5. The van der Waals surface area contributed by atoms with Crippen LogP contribution in [0.15, 0.2) is 29.3 Å². The summed E-state index contributed by atoms with van der Waals surface area (Å²) in [4.78, 5) is 12.7. The van der Waals surface area contributed by atoms with Gasteiger partial charge in [0, 0.05) is 6.20 Å². The smallest absolute Gasteiger partial charge is 0.258 e. The van der Waals surface area contributed by atoms with Gasteiger partial charge in [-0.05, 0) is 12.1 Å². The van der Waals surface area contributed by atoms with Gasteiger partial charge in [0.25, 0.3) is 5.69 Å². The predicted molar refractivity (Wildman–Crippen MR) is 59.7 cm³/mol. The SMILES string of the molecule is NS(=O)(=O)c1c(F)cc([N+](=O)[O-])c2cccnc12. The van der Waals surface area contributed by atoms with E-state index >= 15 is 0 Å². The second-order valence-corrected chi connectivity index (χ2v) is 4.91. The molecule has 0 fully saturated rings. The first kappa shape index (κ1) is 12.3. The summed E-state index contributed by atoms with van der Waals surface area (Å²) < 4.78 is 36.2. The molecule has 0 bridgehead atoms. The number of hydrogen-bond acceptors (Lipinski definition) is 5. The van der Waals surface area contributed by atoms with Crippen molar-refractivity contribution in [3.63, 3.8) is 0 Å². The number of aromatic nitrogens is 1. The Morgan fingerprint density at radius 3 is 2.67 bits per heavy atom. The lowest BCUT2D eigenvalue weighted by molar-refractivity contribution is -0.383. The standard InChI is InChI=1S/C9H6FN3O4S/c10-6-4-7(13(14)15)5-2-1-3-12-8(5)9(6)18(11,16)17/h1-4H,(H2,11,16,17). The van der Waals surface area contributed by atoms with E-state index in [0.717, 1.165) is 0 Å². The number of nitro benzene ring substituents is 1. The zero-order valence-corrected chi connectivity index (χ0v) is 9.52. The maximum absolute atomic E-state index is 13.6. The zero-order valence-electron chi connectivity index (χ0n) is 8.70. The van der Waals surface area contributed by atoms with Crippen LogP contribution in [-0.4, -0.2) is 18.3 Å². The third-order valence-electron chi connectivity index (χ3n) is 2.26. The van der Waals surface area contributed by atoms with E-state index < -0.39 is 31.3 Å². The van der Waals surface area contributed by atoms with Crippen LogP contribution in [0.2, 0.25) is 0 Å². The summed E-state index contributed by atoms with van der Waals surface area (Å²) >= 11 is 0. The summed E-state index contributed by atoms with van der Waals surface area (Å²) in [5.74, 6) is -1.30. The highest BCUT2D eigenvalue weighted by Crippen LogP contribution is 2.31. The summed E-state index contributed by atoms with van der Waals surface area (Å²) in [5.41, 5.74) is -0.922. The first-order valence-corrected chi connectivity index (χ1v) is 6.11. The molecule has 1 aromatic heterocycles. The molecule has 0 unspecified atom stereocenters. The van der Waals surface area contributed by atoms with Crippen molar-refractivity contribution in [3.8, 4) is 0 Å². The third kappa shape index (κ3) is 1.89. The monoisotopic (exact) mass is 271 g/mol. The Bertz CT molecular complexity index is 760. The molecule has 7 nitrogen and oxygen atoms in total. The molecule has 1 heterocycles. The van der Waals surface area contributed by atoms with E-state index in [1.54, 1.807) is 0 Å². The molecule has 9 heteroatoms. The number of primary sulfonamides is 1. The van der Waals surface area contributed by atoms with Gasteiger partial charge >= 0.3 is 0 Å². The van der Waals surface area contributed by atoms with E-state index in [-0.39, 0.29) is 10.9 Å². The summed E-state index contributed by atoms with van der Waals surface area (Å²) in [7, 11) is -4.36. The van der Waals surface area contributed by atoms with Crippen LogP contribution in [0, 0.1) is 15.9 Å². The van der Waals surface area contributed by atoms with Crippen LogP contribution in [0.3, 0.4) is 0 Å². The lowest BCUT2D eigenvalue weighted by Crippen LogP contribution is -2.15. The molecule has 1 aromatic carbocycles. The molecular weight excluding hydrogens is 265 g/mol. The Morgan fingerprint density at radius 2 is 2.11 bits per heavy atom. The number of halogens is 1. The highest BCUT2D eigenvalue weighted by atomic mass is 32.2. The molecule has 0 aliphatic rings. The van der Waals surface area contributed by atoms with Gasteiger partial charge in [-0.15, -0.1) is 0 Å². The highest BCUT2D eigenvalue weighted by Gasteiger charge is 2.25. The minimum atomic E-state index is -4.36. The van der Waals surface area contributed by atoms with Gasteiger partial charge in [-0.25, -0.2) is 17.9 Å². The number of sulfonamides is 1. The van der Waals surface area contributed by atoms with E-state index in [9.17, 15) is 22.9 Å². The first-order valence-electron chi connectivity index (χ1n) is 4.57. The highest BCUT2D eigenvalue weighted by molar-refractivity contribution is 7.89. The average Bonchev–Trinajstić information content (AvgIpc) is 2.25. The van der Waals surface area contributed by atoms with Crippen molar-refractivity contribution >= 4 is 26.6 Å². The average molecular weight is 271 g/mol. The van der Waals surface area contributed by atoms with E-state index in [1.165, 1.54) is 18.3 Å². The molecular formula is C9H6FN3O4S. The van der Waals surface area contributed by atoms with E-state index in [2.05, 4.69) is 4.98 Å². The minimum Gasteiger partial charge on any atom is -0.258 e. The number of nitro groups is 1. The van der Waals surface area contributed by atoms with Crippen LogP contribution in [-0.2, 0) is 10.0 Å². The van der Waals surface area contributed by atoms with Crippen LogP contribution in [0.1, 0.15) is 0 Å². The van der Waals surface area contributed by atoms with Crippen molar-refractivity contribution in [1.29, 1.82) is 0 Å². The number of nitrogens with zero attached hydrogens (tertiary/aromatic N) is 2. The molecule has 0 radical (unpaired) electrons. The van der Waals surface area contributed by atoms with Gasteiger partial charge in [0.05, 0.1) is 16.4 Å². The third-order valence-corrected chi connectivity index (χ3v) is 3.22. The van der Waals surface area contributed by atoms with Gasteiger partial charge in [0.2, 0.25) is 10.0 Å². The lowest BCUT2D eigenvalue weighted by Gasteiger charge is -2.05. The Balaban J connectivity index is 3.05. The fourth-order valence-electron chi connectivity index (χ4n) is 1.59. The normalized spacial score (nSPS) is 11.7. The van der Waals surface area contributed by atoms with Crippen molar-refractivity contribution < 1.29 is 17.7 Å². The molecule has 0 aliphatic heterocycles. The second kappa shape index (κ2) is 3.96.